The molecule has 11 heteroatoms. The summed E-state index contributed by atoms with van der Waals surface area (Å²) in [5, 5.41) is 19.1. The Kier molecular flexibility index (Phi) is 7.68. The van der Waals surface area contributed by atoms with Crippen molar-refractivity contribution in [2.45, 2.75) is 17.7 Å². The molecule has 37 heavy (non-hydrogen) atoms. The van der Waals surface area contributed by atoms with Crippen LogP contribution in [0.1, 0.15) is 16.8 Å². The fourth-order valence-electron chi connectivity index (χ4n) is 3.53. The zero-order valence-electron chi connectivity index (χ0n) is 19.5. The lowest BCUT2D eigenvalue weighted by molar-refractivity contribution is 0.196. The summed E-state index contributed by atoms with van der Waals surface area (Å²) in [5.74, 6) is -0.657. The Balaban J connectivity index is 1.66. The van der Waals surface area contributed by atoms with Crippen LogP contribution >= 0.6 is 11.8 Å². The molecule has 3 N–H and O–H groups in total. The minimum atomic E-state index is -0.721. The van der Waals surface area contributed by atoms with E-state index in [0.717, 1.165) is 17.8 Å². The second-order valence-corrected chi connectivity index (χ2v) is 8.70. The van der Waals surface area contributed by atoms with Crippen molar-refractivity contribution in [3.8, 4) is 34.4 Å². The molecule has 2 heterocycles. The number of nitrogen functional groups attached to an aromatic ring is 1. The van der Waals surface area contributed by atoms with Crippen LogP contribution in [-0.2, 0) is 5.75 Å². The minimum Gasteiger partial charge on any atom is -0.488 e. The van der Waals surface area contributed by atoms with E-state index in [9.17, 15) is 14.0 Å². The molecule has 0 amide bonds. The Bertz CT molecular complexity index is 1560. The molecule has 0 atom stereocenters. The number of thioether (sulfide) groups is 1. The first-order valence-electron chi connectivity index (χ1n) is 10.8. The number of oxazole rings is 1. The van der Waals surface area contributed by atoms with Crippen molar-refractivity contribution in [2.75, 3.05) is 18.9 Å². The highest BCUT2D eigenvalue weighted by Crippen LogP contribution is 2.42. The number of aryl methyl sites for hydroxylation is 1. The Morgan fingerprint density at radius 1 is 1.19 bits per heavy atom. The number of aliphatic hydroxyl groups is 1. The zero-order valence-corrected chi connectivity index (χ0v) is 20.3. The second-order valence-electron chi connectivity index (χ2n) is 7.74. The molecule has 0 aliphatic carbocycles. The number of nitrogens with two attached hydrogens (primary N) is 1. The number of nitrogens with zero attached hydrogens (tertiary/aromatic N) is 4. The van der Waals surface area contributed by atoms with Gasteiger partial charge in [0.2, 0.25) is 11.6 Å². The van der Waals surface area contributed by atoms with Gasteiger partial charge in [0.15, 0.2) is 11.6 Å². The number of aromatic nitrogens is 2. The van der Waals surface area contributed by atoms with E-state index in [2.05, 4.69) is 20.9 Å². The molecule has 0 saturated carbocycles. The van der Waals surface area contributed by atoms with Gasteiger partial charge in [-0.15, -0.1) is 0 Å². The van der Waals surface area contributed by atoms with Crippen molar-refractivity contribution in [3.05, 3.63) is 82.5 Å². The molecule has 0 unspecified atom stereocenters. The highest BCUT2D eigenvalue weighted by Gasteiger charge is 2.22. The van der Waals surface area contributed by atoms with Crippen LogP contribution < -0.4 is 10.5 Å². The highest BCUT2D eigenvalue weighted by molar-refractivity contribution is 7.98. The van der Waals surface area contributed by atoms with Gasteiger partial charge in [0.05, 0.1) is 24.4 Å². The monoisotopic (exact) mass is 519 g/mol. The van der Waals surface area contributed by atoms with Gasteiger partial charge in [-0.3, -0.25) is 0 Å². The second kappa shape index (κ2) is 11.1. The summed E-state index contributed by atoms with van der Waals surface area (Å²) in [5.41, 5.74) is 8.06. The lowest BCUT2D eigenvalue weighted by atomic mass is 9.99. The third kappa shape index (κ3) is 5.38. The molecule has 0 aliphatic heterocycles. The van der Waals surface area contributed by atoms with Gasteiger partial charge < -0.3 is 20.0 Å². The maximum Gasteiger partial charge on any atom is 0.236 e. The normalized spacial score (nSPS) is 10.6. The van der Waals surface area contributed by atoms with Gasteiger partial charge in [-0.2, -0.15) is 5.26 Å². The highest BCUT2D eigenvalue weighted by atomic mass is 32.2. The summed E-state index contributed by atoms with van der Waals surface area (Å²) < 4.78 is 38.9. The molecule has 186 valence electrons. The number of pyridine rings is 1. The van der Waals surface area contributed by atoms with Crippen molar-refractivity contribution in [3.63, 3.8) is 0 Å². The Labute approximate surface area is 215 Å². The number of benzene rings is 2. The molecule has 2 aromatic carbocycles. The molecule has 0 spiro atoms. The van der Waals surface area contributed by atoms with Crippen LogP contribution in [0.2, 0.25) is 0 Å². The maximum absolute atomic E-state index is 14.6. The van der Waals surface area contributed by atoms with Crippen molar-refractivity contribution >= 4 is 23.3 Å². The molecule has 0 fully saturated rings. The zero-order chi connectivity index (χ0) is 26.5. The van der Waals surface area contributed by atoms with Gasteiger partial charge in [-0.05, 0) is 48.4 Å². The van der Waals surface area contributed by atoms with Crippen LogP contribution in [0, 0.1) is 36.5 Å². The quantitative estimate of drug-likeness (QED) is 0.226. The van der Waals surface area contributed by atoms with Crippen LogP contribution in [0.25, 0.3) is 27.4 Å². The predicted molar refractivity (Wildman–Crippen MR) is 134 cm³/mol. The van der Waals surface area contributed by atoms with Crippen LogP contribution in [-0.4, -0.2) is 28.3 Å². The number of ether oxygens (including phenoxy) is 1. The fraction of sp³-hybridized carbons (Fsp3) is 0.154. The first-order chi connectivity index (χ1) is 17.9. The van der Waals surface area contributed by atoms with E-state index in [-0.39, 0.29) is 63.8 Å². The number of nitriles is 1. The van der Waals surface area contributed by atoms with Crippen LogP contribution in [0.4, 0.5) is 20.3 Å². The van der Waals surface area contributed by atoms with Crippen LogP contribution in [0.15, 0.2) is 52.1 Å². The number of anilines is 1. The fourth-order valence-corrected chi connectivity index (χ4v) is 4.40. The molecule has 2 aromatic heterocycles. The number of hydrogen-bond acceptors (Lipinski definition) is 8. The molecule has 8 nitrogen and oxygen atoms in total. The SMILES string of the molecule is [C-]#[N+]c1c(N)nc(SCc2coc(-c3ccc(F)c(C)c3)n2)c(C#N)c1-c1ccc(OCCO)c(F)c1. The van der Waals surface area contributed by atoms with Gasteiger partial charge in [0.1, 0.15) is 35.6 Å². The smallest absolute Gasteiger partial charge is 0.236 e. The summed E-state index contributed by atoms with van der Waals surface area (Å²) >= 11 is 1.15. The summed E-state index contributed by atoms with van der Waals surface area (Å²) in [6.07, 6.45) is 1.45. The average Bonchev–Trinajstić information content (AvgIpc) is 3.37. The largest absolute Gasteiger partial charge is 0.488 e. The van der Waals surface area contributed by atoms with E-state index >= 15 is 0 Å². The number of rotatable bonds is 8. The first kappa shape index (κ1) is 25.6. The lowest BCUT2D eigenvalue weighted by Crippen LogP contribution is -2.03. The summed E-state index contributed by atoms with van der Waals surface area (Å²) in [7, 11) is 0. The minimum absolute atomic E-state index is 0.0616. The van der Waals surface area contributed by atoms with Crippen molar-refractivity contribution < 1.29 is 23.0 Å². The Morgan fingerprint density at radius 3 is 2.65 bits per heavy atom. The predicted octanol–water partition coefficient (Wildman–Crippen LogP) is 5.66. The third-order valence-corrected chi connectivity index (χ3v) is 6.28. The molecule has 4 aromatic rings. The van der Waals surface area contributed by atoms with Gasteiger partial charge in [-0.25, -0.2) is 23.6 Å². The summed E-state index contributed by atoms with van der Waals surface area (Å²) in [4.78, 5) is 12.1. The van der Waals surface area contributed by atoms with E-state index in [0.29, 0.717) is 22.7 Å². The third-order valence-electron chi connectivity index (χ3n) is 5.27. The Hall–Kier alpha value is -4.45. The van der Waals surface area contributed by atoms with E-state index < -0.39 is 5.82 Å². The lowest BCUT2D eigenvalue weighted by Gasteiger charge is -2.14. The number of aliphatic hydroxyl groups excluding tert-OH is 1. The van der Waals surface area contributed by atoms with Gasteiger partial charge in [-0.1, -0.05) is 17.8 Å². The van der Waals surface area contributed by atoms with Crippen LogP contribution in [0.5, 0.6) is 5.75 Å². The van der Waals surface area contributed by atoms with E-state index in [1.165, 1.54) is 24.5 Å². The molecule has 0 radical (unpaired) electrons. The number of hydrogen-bond donors (Lipinski definition) is 2. The van der Waals surface area contributed by atoms with Crippen molar-refractivity contribution in [2.24, 2.45) is 0 Å². The van der Waals surface area contributed by atoms with E-state index in [4.69, 9.17) is 26.6 Å². The van der Waals surface area contributed by atoms with Gasteiger partial charge in [0.25, 0.3) is 0 Å². The summed E-state index contributed by atoms with van der Waals surface area (Å²) in [6, 6.07) is 10.6. The van der Waals surface area contributed by atoms with Gasteiger partial charge >= 0.3 is 0 Å². The molecule has 0 saturated heterocycles. The molecule has 0 bridgehead atoms. The standard InChI is InChI=1S/C26H19F2N5O3S/c1-14-9-16(3-5-19(14)27)25-32-17(12-36-25)13-37-26-18(11-29)22(23(31-2)24(30)33-26)15-4-6-21(20(28)10-15)35-8-7-34/h3-6,9-10,12,34H,7-8,13H2,1H3,(H2,30,33). The van der Waals surface area contributed by atoms with E-state index in [1.54, 1.807) is 19.1 Å². The maximum atomic E-state index is 14.6. The Morgan fingerprint density at radius 2 is 1.97 bits per heavy atom. The van der Waals surface area contributed by atoms with Crippen molar-refractivity contribution in [1.29, 1.82) is 5.26 Å². The molecular weight excluding hydrogens is 500 g/mol. The number of halogens is 2. The molecule has 4 rings (SSSR count). The first-order valence-corrected chi connectivity index (χ1v) is 11.8. The van der Waals surface area contributed by atoms with Crippen molar-refractivity contribution in [1.82, 2.24) is 9.97 Å². The van der Waals surface area contributed by atoms with Crippen LogP contribution in [0.3, 0.4) is 0 Å². The summed E-state index contributed by atoms with van der Waals surface area (Å²) in [6.45, 7) is 8.83. The van der Waals surface area contributed by atoms with E-state index in [1.807, 2.05) is 0 Å². The van der Waals surface area contributed by atoms with Gasteiger partial charge in [0, 0.05) is 16.9 Å². The molecule has 0 aliphatic rings. The topological polar surface area (TPSA) is 123 Å². The average molecular weight is 520 g/mol. The molecular formula is C26H19F2N5O3S.